The van der Waals surface area contributed by atoms with E-state index < -0.39 is 0 Å². The molecular weight excluding hydrogens is 254 g/mol. The van der Waals surface area contributed by atoms with Gasteiger partial charge in [0.2, 0.25) is 0 Å². The summed E-state index contributed by atoms with van der Waals surface area (Å²) in [5.41, 5.74) is 6.81. The number of nitrogen functional groups attached to an aromatic ring is 1. The Balaban J connectivity index is 1.82. The lowest BCUT2D eigenvalue weighted by molar-refractivity contribution is 0.0643. The Hall–Kier alpha value is -2.17. The minimum Gasteiger partial charge on any atom is -0.467 e. The van der Waals surface area contributed by atoms with Crippen LogP contribution in [0.2, 0.25) is 0 Å². The van der Waals surface area contributed by atoms with E-state index in [0.29, 0.717) is 17.9 Å². The highest BCUT2D eigenvalue weighted by atomic mass is 16.3. The number of aromatic nitrogens is 1. The molecule has 5 nitrogen and oxygen atoms in total. The number of amides is 1. The van der Waals surface area contributed by atoms with Crippen LogP contribution in [0.4, 0.5) is 5.69 Å². The third kappa shape index (κ3) is 2.57. The highest BCUT2D eigenvalue weighted by molar-refractivity contribution is 5.93. The molecule has 1 aliphatic carbocycles. The molecule has 2 heterocycles. The van der Waals surface area contributed by atoms with Gasteiger partial charge in [-0.05, 0) is 31.0 Å². The van der Waals surface area contributed by atoms with Crippen LogP contribution in [0, 0.1) is 0 Å². The van der Waals surface area contributed by atoms with Gasteiger partial charge in [-0.3, -0.25) is 4.79 Å². The molecule has 0 bridgehead atoms. The number of nitrogens with one attached hydrogen (secondary N) is 1. The number of aromatic amines is 1. The number of carbonyl (C=O) groups is 1. The van der Waals surface area contributed by atoms with Gasteiger partial charge >= 0.3 is 0 Å². The molecule has 0 aliphatic heterocycles. The number of hydrogen-bond donors (Lipinski definition) is 2. The molecule has 0 atom stereocenters. The Bertz CT molecular complexity index is 568. The van der Waals surface area contributed by atoms with Crippen molar-refractivity contribution < 1.29 is 9.21 Å². The molecule has 3 rings (SSSR count). The summed E-state index contributed by atoms with van der Waals surface area (Å²) >= 11 is 0. The van der Waals surface area contributed by atoms with Crippen molar-refractivity contribution in [3.05, 3.63) is 42.1 Å². The number of rotatable bonds is 4. The van der Waals surface area contributed by atoms with Crippen LogP contribution >= 0.6 is 0 Å². The molecule has 1 aliphatic rings. The van der Waals surface area contributed by atoms with Gasteiger partial charge in [-0.2, -0.15) is 0 Å². The topological polar surface area (TPSA) is 75.3 Å². The van der Waals surface area contributed by atoms with Crippen LogP contribution in [-0.4, -0.2) is 21.8 Å². The second-order valence-corrected chi connectivity index (χ2v) is 5.30. The zero-order valence-corrected chi connectivity index (χ0v) is 11.3. The Morgan fingerprint density at radius 1 is 1.45 bits per heavy atom. The van der Waals surface area contributed by atoms with E-state index in [0.717, 1.165) is 18.6 Å². The van der Waals surface area contributed by atoms with Crippen molar-refractivity contribution in [2.45, 2.75) is 38.3 Å². The zero-order chi connectivity index (χ0) is 13.9. The largest absolute Gasteiger partial charge is 0.467 e. The molecule has 1 fully saturated rings. The van der Waals surface area contributed by atoms with Gasteiger partial charge in [0.1, 0.15) is 11.5 Å². The first-order chi connectivity index (χ1) is 9.74. The van der Waals surface area contributed by atoms with Crippen molar-refractivity contribution >= 4 is 11.6 Å². The van der Waals surface area contributed by atoms with Gasteiger partial charge in [0.05, 0.1) is 12.8 Å². The van der Waals surface area contributed by atoms with Crippen LogP contribution in [0.5, 0.6) is 0 Å². The van der Waals surface area contributed by atoms with Gasteiger partial charge < -0.3 is 20.0 Å². The van der Waals surface area contributed by atoms with Crippen LogP contribution in [0.25, 0.3) is 0 Å². The van der Waals surface area contributed by atoms with Crippen molar-refractivity contribution in [1.29, 1.82) is 0 Å². The molecule has 106 valence electrons. The number of nitrogens with zero attached hydrogens (tertiary/aromatic N) is 1. The third-order valence-electron chi connectivity index (χ3n) is 3.87. The number of anilines is 1. The van der Waals surface area contributed by atoms with E-state index in [1.165, 1.54) is 12.8 Å². The standard InChI is InChI=1S/C15H19N3O2/c16-11-8-14(17-9-11)15(19)18(12-4-1-2-5-12)10-13-6-3-7-20-13/h3,6-9,12,17H,1-2,4-5,10,16H2. The van der Waals surface area contributed by atoms with Gasteiger partial charge in [-0.25, -0.2) is 0 Å². The molecule has 0 aromatic carbocycles. The van der Waals surface area contributed by atoms with Gasteiger partial charge in [0, 0.05) is 17.9 Å². The van der Waals surface area contributed by atoms with Crippen LogP contribution in [0.15, 0.2) is 35.1 Å². The van der Waals surface area contributed by atoms with E-state index in [1.54, 1.807) is 18.5 Å². The lowest BCUT2D eigenvalue weighted by atomic mass is 10.2. The van der Waals surface area contributed by atoms with E-state index >= 15 is 0 Å². The molecule has 1 saturated carbocycles. The van der Waals surface area contributed by atoms with Crippen molar-refractivity contribution in [3.8, 4) is 0 Å². The average molecular weight is 273 g/mol. The monoisotopic (exact) mass is 273 g/mol. The second-order valence-electron chi connectivity index (χ2n) is 5.30. The Kier molecular flexibility index (Phi) is 3.50. The van der Waals surface area contributed by atoms with E-state index in [-0.39, 0.29) is 11.9 Å². The van der Waals surface area contributed by atoms with Crippen LogP contribution in [0.1, 0.15) is 41.9 Å². The maximum absolute atomic E-state index is 12.7. The van der Waals surface area contributed by atoms with E-state index in [2.05, 4.69) is 4.98 Å². The molecule has 2 aromatic rings. The Morgan fingerprint density at radius 3 is 2.85 bits per heavy atom. The maximum Gasteiger partial charge on any atom is 0.271 e. The first-order valence-corrected chi connectivity index (χ1v) is 7.01. The number of furan rings is 1. The van der Waals surface area contributed by atoms with Gasteiger partial charge in [0.15, 0.2) is 0 Å². The first kappa shape index (κ1) is 12.8. The average Bonchev–Trinajstić information content (AvgIpc) is 3.17. The van der Waals surface area contributed by atoms with Crippen molar-refractivity contribution in [3.63, 3.8) is 0 Å². The van der Waals surface area contributed by atoms with Crippen LogP contribution in [-0.2, 0) is 6.54 Å². The van der Waals surface area contributed by atoms with Crippen molar-refractivity contribution in [1.82, 2.24) is 9.88 Å². The molecule has 5 heteroatoms. The minimum atomic E-state index is -0.00926. The minimum absolute atomic E-state index is 0.00926. The molecule has 1 amide bonds. The summed E-state index contributed by atoms with van der Waals surface area (Å²) < 4.78 is 5.39. The highest BCUT2D eigenvalue weighted by Crippen LogP contribution is 2.26. The summed E-state index contributed by atoms with van der Waals surface area (Å²) in [5, 5.41) is 0. The van der Waals surface area contributed by atoms with Gasteiger partial charge in [-0.15, -0.1) is 0 Å². The molecule has 0 unspecified atom stereocenters. The van der Waals surface area contributed by atoms with E-state index in [4.69, 9.17) is 10.2 Å². The maximum atomic E-state index is 12.7. The Morgan fingerprint density at radius 2 is 2.25 bits per heavy atom. The predicted octanol–water partition coefficient (Wildman–Crippen LogP) is 2.77. The fraction of sp³-hybridized carbons (Fsp3) is 0.400. The fourth-order valence-corrected chi connectivity index (χ4v) is 2.84. The number of H-pyrrole nitrogens is 1. The predicted molar refractivity (Wildman–Crippen MR) is 76.0 cm³/mol. The first-order valence-electron chi connectivity index (χ1n) is 7.01. The van der Waals surface area contributed by atoms with Crippen LogP contribution in [0.3, 0.4) is 0 Å². The smallest absolute Gasteiger partial charge is 0.271 e. The van der Waals surface area contributed by atoms with E-state index in [1.807, 2.05) is 17.0 Å². The summed E-state index contributed by atoms with van der Waals surface area (Å²) in [6, 6.07) is 5.72. The normalized spacial score (nSPS) is 15.6. The molecule has 20 heavy (non-hydrogen) atoms. The molecule has 0 spiro atoms. The van der Waals surface area contributed by atoms with Gasteiger partial charge in [0.25, 0.3) is 5.91 Å². The SMILES string of the molecule is Nc1c[nH]c(C(=O)N(Cc2ccco2)C2CCCC2)c1. The van der Waals surface area contributed by atoms with E-state index in [9.17, 15) is 4.79 Å². The highest BCUT2D eigenvalue weighted by Gasteiger charge is 2.28. The summed E-state index contributed by atoms with van der Waals surface area (Å²) in [7, 11) is 0. The molecule has 2 aromatic heterocycles. The molecule has 0 radical (unpaired) electrons. The van der Waals surface area contributed by atoms with Crippen LogP contribution < -0.4 is 5.73 Å². The molecular formula is C15H19N3O2. The van der Waals surface area contributed by atoms with Crippen molar-refractivity contribution in [2.24, 2.45) is 0 Å². The van der Waals surface area contributed by atoms with Gasteiger partial charge in [-0.1, -0.05) is 12.8 Å². The Labute approximate surface area is 117 Å². The number of nitrogens with two attached hydrogens (primary N) is 1. The third-order valence-corrected chi connectivity index (χ3v) is 3.87. The molecule has 3 N–H and O–H groups in total. The fourth-order valence-electron chi connectivity index (χ4n) is 2.84. The summed E-state index contributed by atoms with van der Waals surface area (Å²) in [6.07, 6.45) is 7.76. The lowest BCUT2D eigenvalue weighted by Gasteiger charge is -2.27. The quantitative estimate of drug-likeness (QED) is 0.899. The van der Waals surface area contributed by atoms with Crippen molar-refractivity contribution in [2.75, 3.05) is 5.73 Å². The summed E-state index contributed by atoms with van der Waals surface area (Å²) in [5.74, 6) is 0.801. The zero-order valence-electron chi connectivity index (χ0n) is 11.3. The summed E-state index contributed by atoms with van der Waals surface area (Å²) in [4.78, 5) is 17.5. The molecule has 0 saturated heterocycles. The number of hydrogen-bond acceptors (Lipinski definition) is 3. The number of carbonyl (C=O) groups excluding carboxylic acids is 1. The second kappa shape index (κ2) is 5.45. The summed E-state index contributed by atoms with van der Waals surface area (Å²) in [6.45, 7) is 0.509. The lowest BCUT2D eigenvalue weighted by Crippen LogP contribution is -2.38.